The second-order valence-corrected chi connectivity index (χ2v) is 5.79. The molecule has 1 heterocycles. The van der Waals surface area contributed by atoms with E-state index in [4.69, 9.17) is 4.74 Å². The van der Waals surface area contributed by atoms with Crippen LogP contribution < -0.4 is 0 Å². The van der Waals surface area contributed by atoms with Crippen LogP contribution >= 0.6 is 0 Å². The minimum Gasteiger partial charge on any atom is -0.371 e. The summed E-state index contributed by atoms with van der Waals surface area (Å²) in [6.45, 7) is 0.849. The van der Waals surface area contributed by atoms with Crippen LogP contribution in [0.4, 0.5) is 0 Å². The Balaban J connectivity index is 1.63. The molecule has 4 nitrogen and oxygen atoms in total. The van der Waals surface area contributed by atoms with Crippen molar-refractivity contribution in [1.29, 1.82) is 0 Å². The van der Waals surface area contributed by atoms with Gasteiger partial charge in [0, 0.05) is 13.0 Å². The summed E-state index contributed by atoms with van der Waals surface area (Å²) in [6.07, 6.45) is -0.293. The molecule has 1 amide bonds. The van der Waals surface area contributed by atoms with Crippen LogP contribution in [0.2, 0.25) is 0 Å². The molecule has 0 saturated carbocycles. The molecule has 1 fully saturated rings. The highest BCUT2D eigenvalue weighted by Crippen LogP contribution is 2.23. The van der Waals surface area contributed by atoms with E-state index in [0.717, 1.165) is 11.1 Å². The summed E-state index contributed by atoms with van der Waals surface area (Å²) in [5, 5.41) is 10.5. The Hall–Kier alpha value is -2.17. The lowest BCUT2D eigenvalue weighted by molar-refractivity contribution is -0.172. The van der Waals surface area contributed by atoms with Crippen molar-refractivity contribution in [3.05, 3.63) is 71.8 Å². The fourth-order valence-corrected chi connectivity index (χ4v) is 2.82. The quantitative estimate of drug-likeness (QED) is 0.923. The fraction of sp³-hybridized carbons (Fsp3) is 0.316. The molecule has 1 aliphatic heterocycles. The third-order valence-corrected chi connectivity index (χ3v) is 4.12. The smallest absolute Gasteiger partial charge is 0.225 e. The summed E-state index contributed by atoms with van der Waals surface area (Å²) in [4.78, 5) is 13.6. The maximum Gasteiger partial charge on any atom is 0.225 e. The largest absolute Gasteiger partial charge is 0.371 e. The molecule has 0 radical (unpaired) electrons. The van der Waals surface area contributed by atoms with Crippen LogP contribution in [0.1, 0.15) is 24.0 Å². The van der Waals surface area contributed by atoms with E-state index in [1.165, 1.54) is 4.90 Å². The number of aliphatic hydroxyl groups excluding tert-OH is 1. The van der Waals surface area contributed by atoms with Gasteiger partial charge in [0.2, 0.25) is 5.91 Å². The zero-order chi connectivity index (χ0) is 16.1. The van der Waals surface area contributed by atoms with Gasteiger partial charge < -0.3 is 14.7 Å². The average molecular weight is 311 g/mol. The fourth-order valence-electron chi connectivity index (χ4n) is 2.82. The number of piperidine rings is 1. The highest BCUT2D eigenvalue weighted by molar-refractivity contribution is 5.77. The molecule has 1 saturated heterocycles. The number of amides is 1. The van der Waals surface area contributed by atoms with Crippen LogP contribution in [0.25, 0.3) is 0 Å². The molecular weight excluding hydrogens is 290 g/mol. The molecule has 23 heavy (non-hydrogen) atoms. The third kappa shape index (κ3) is 3.97. The number of rotatable bonds is 5. The highest BCUT2D eigenvalue weighted by atomic mass is 16.5. The predicted molar refractivity (Wildman–Crippen MR) is 87.3 cm³/mol. The molecule has 1 unspecified atom stereocenters. The number of aliphatic hydroxyl groups is 1. The van der Waals surface area contributed by atoms with Gasteiger partial charge in [-0.25, -0.2) is 0 Å². The van der Waals surface area contributed by atoms with Gasteiger partial charge in [-0.2, -0.15) is 0 Å². The van der Waals surface area contributed by atoms with E-state index in [2.05, 4.69) is 0 Å². The molecule has 2 aromatic rings. The van der Waals surface area contributed by atoms with Gasteiger partial charge in [-0.05, 0) is 17.5 Å². The Kier molecular flexibility index (Phi) is 5.05. The summed E-state index contributed by atoms with van der Waals surface area (Å²) < 4.78 is 5.85. The van der Waals surface area contributed by atoms with Crippen molar-refractivity contribution in [2.24, 2.45) is 0 Å². The lowest BCUT2D eigenvalue weighted by Gasteiger charge is -2.37. The number of likely N-dealkylation sites (tertiary alicyclic amines) is 1. The molecule has 0 spiro atoms. The number of carbonyl (C=O) groups is 1. The van der Waals surface area contributed by atoms with E-state index in [1.54, 1.807) is 0 Å². The van der Waals surface area contributed by atoms with Crippen molar-refractivity contribution in [2.45, 2.75) is 38.3 Å². The minimum atomic E-state index is -0.903. The normalized spacial score (nSPS) is 21.4. The number of ether oxygens (including phenoxy) is 1. The summed E-state index contributed by atoms with van der Waals surface area (Å²) in [7, 11) is 0. The van der Waals surface area contributed by atoms with Crippen LogP contribution in [-0.2, 0) is 22.7 Å². The maximum atomic E-state index is 12.1. The van der Waals surface area contributed by atoms with E-state index < -0.39 is 6.23 Å². The van der Waals surface area contributed by atoms with Crippen molar-refractivity contribution in [1.82, 2.24) is 4.90 Å². The van der Waals surface area contributed by atoms with E-state index in [0.29, 0.717) is 26.0 Å². The van der Waals surface area contributed by atoms with Gasteiger partial charge in [-0.3, -0.25) is 4.79 Å². The van der Waals surface area contributed by atoms with E-state index in [1.807, 2.05) is 60.7 Å². The predicted octanol–water partition coefficient (Wildman–Crippen LogP) is 2.71. The topological polar surface area (TPSA) is 49.8 Å². The first kappa shape index (κ1) is 15.7. The van der Waals surface area contributed by atoms with E-state index in [-0.39, 0.29) is 12.0 Å². The number of nitrogens with zero attached hydrogens (tertiary/aromatic N) is 1. The lowest BCUT2D eigenvalue weighted by Crippen LogP contribution is -2.51. The molecule has 0 aliphatic carbocycles. The molecule has 3 rings (SSSR count). The minimum absolute atomic E-state index is 0.0269. The molecule has 1 aliphatic rings. The number of hydrogen-bond acceptors (Lipinski definition) is 3. The van der Waals surface area contributed by atoms with Gasteiger partial charge in [0.25, 0.3) is 0 Å². The third-order valence-electron chi connectivity index (χ3n) is 4.12. The van der Waals surface area contributed by atoms with Crippen molar-refractivity contribution < 1.29 is 14.6 Å². The van der Waals surface area contributed by atoms with Crippen molar-refractivity contribution >= 4 is 5.91 Å². The van der Waals surface area contributed by atoms with Crippen LogP contribution in [0.15, 0.2) is 60.7 Å². The maximum absolute atomic E-state index is 12.1. The van der Waals surface area contributed by atoms with Crippen LogP contribution in [0.5, 0.6) is 0 Å². The summed E-state index contributed by atoms with van der Waals surface area (Å²) in [6, 6.07) is 19.6. The Bertz CT molecular complexity index is 630. The van der Waals surface area contributed by atoms with Gasteiger partial charge in [0.05, 0.1) is 6.61 Å². The van der Waals surface area contributed by atoms with Crippen LogP contribution in [0.3, 0.4) is 0 Å². The second-order valence-electron chi connectivity index (χ2n) is 5.79. The lowest BCUT2D eigenvalue weighted by atomic mass is 10.0. The Labute approximate surface area is 136 Å². The zero-order valence-corrected chi connectivity index (χ0v) is 13.0. The van der Waals surface area contributed by atoms with Gasteiger partial charge in [-0.1, -0.05) is 60.7 Å². The Morgan fingerprint density at radius 1 is 1.00 bits per heavy atom. The molecule has 4 heteroatoms. The molecule has 1 N–H and O–H groups in total. The van der Waals surface area contributed by atoms with Crippen LogP contribution in [0, 0.1) is 0 Å². The molecular formula is C19H21NO3. The summed E-state index contributed by atoms with van der Waals surface area (Å²) >= 11 is 0. The molecule has 2 atom stereocenters. The zero-order valence-electron chi connectivity index (χ0n) is 13.0. The van der Waals surface area contributed by atoms with E-state index in [9.17, 15) is 9.90 Å². The van der Waals surface area contributed by atoms with E-state index >= 15 is 0 Å². The molecule has 0 aromatic heterocycles. The Morgan fingerprint density at radius 3 is 2.26 bits per heavy atom. The highest BCUT2D eigenvalue weighted by Gasteiger charge is 2.35. The van der Waals surface area contributed by atoms with Crippen molar-refractivity contribution in [3.8, 4) is 0 Å². The standard InChI is InChI=1S/C19H21NO3/c21-18-12-11-17(23-14-16-9-5-2-6-10-16)19(22)20(18)13-15-7-3-1-4-8-15/h1-10,17,19,22H,11-14H2/t17-,19?/m0/s1. The summed E-state index contributed by atoms with van der Waals surface area (Å²) in [5.41, 5.74) is 2.06. The second kappa shape index (κ2) is 7.40. The number of carbonyl (C=O) groups excluding carboxylic acids is 1. The number of hydrogen-bond donors (Lipinski definition) is 1. The van der Waals surface area contributed by atoms with Crippen molar-refractivity contribution in [2.75, 3.05) is 0 Å². The monoisotopic (exact) mass is 311 g/mol. The van der Waals surface area contributed by atoms with Gasteiger partial charge in [0.15, 0.2) is 6.23 Å². The van der Waals surface area contributed by atoms with Gasteiger partial charge >= 0.3 is 0 Å². The first-order valence-corrected chi connectivity index (χ1v) is 7.91. The first-order chi connectivity index (χ1) is 11.2. The summed E-state index contributed by atoms with van der Waals surface area (Å²) in [5.74, 6) is -0.0269. The Morgan fingerprint density at radius 2 is 1.61 bits per heavy atom. The SMILES string of the molecule is O=C1CC[C@H](OCc2ccccc2)C(O)N1Cc1ccccc1. The van der Waals surface area contributed by atoms with Gasteiger partial charge in [-0.15, -0.1) is 0 Å². The molecule has 0 bridgehead atoms. The molecule has 120 valence electrons. The van der Waals surface area contributed by atoms with Crippen LogP contribution in [-0.4, -0.2) is 28.2 Å². The van der Waals surface area contributed by atoms with Gasteiger partial charge in [0.1, 0.15) is 6.10 Å². The number of benzene rings is 2. The van der Waals surface area contributed by atoms with Crippen molar-refractivity contribution in [3.63, 3.8) is 0 Å². The first-order valence-electron chi connectivity index (χ1n) is 7.91. The average Bonchev–Trinajstić information content (AvgIpc) is 2.60. The molecule has 2 aromatic carbocycles.